The van der Waals surface area contributed by atoms with Crippen LogP contribution in [0.2, 0.25) is 0 Å². The number of carboxylic acid groups (broad SMARTS) is 1. The first-order valence-electron chi connectivity index (χ1n) is 3.28. The Morgan fingerprint density at radius 3 is 2.80 bits per heavy atom. The smallest absolute Gasteiger partial charge is 0.407 e. The molecule has 1 unspecified atom stereocenters. The topological polar surface area (TPSA) is 40.5 Å². The Hall–Kier alpha value is 0. The molecule has 3 nitrogen and oxygen atoms in total. The number of hydrogen-bond donors (Lipinski definition) is 1. The van der Waals surface area contributed by atoms with Gasteiger partial charge in [-0.1, -0.05) is 22.6 Å². The van der Waals surface area contributed by atoms with E-state index in [2.05, 4.69) is 22.6 Å². The molecular formula is C6H10INO2. The predicted molar refractivity (Wildman–Crippen MR) is 46.6 cm³/mol. The van der Waals surface area contributed by atoms with Crippen molar-refractivity contribution in [2.24, 2.45) is 5.92 Å². The average molecular weight is 255 g/mol. The van der Waals surface area contributed by atoms with E-state index in [1.807, 2.05) is 0 Å². The second kappa shape index (κ2) is 3.41. The Labute approximate surface area is 73.5 Å². The summed E-state index contributed by atoms with van der Waals surface area (Å²) in [5.74, 6) is 0.594. The second-order valence-corrected chi connectivity index (χ2v) is 3.42. The fraction of sp³-hybridized carbons (Fsp3) is 0.833. The Bertz CT molecular complexity index is 140. The molecule has 1 aliphatic rings. The van der Waals surface area contributed by atoms with E-state index in [1.54, 1.807) is 0 Å². The summed E-state index contributed by atoms with van der Waals surface area (Å²) in [5.41, 5.74) is 0. The molecule has 10 heavy (non-hydrogen) atoms. The van der Waals surface area contributed by atoms with Crippen LogP contribution in [0.25, 0.3) is 0 Å². The molecule has 0 bridgehead atoms. The maximum absolute atomic E-state index is 10.4. The van der Waals surface area contributed by atoms with Gasteiger partial charge in [-0.2, -0.15) is 0 Å². The van der Waals surface area contributed by atoms with Gasteiger partial charge < -0.3 is 10.0 Å². The lowest BCUT2D eigenvalue weighted by molar-refractivity contribution is 0.154. The van der Waals surface area contributed by atoms with Gasteiger partial charge in [0.05, 0.1) is 0 Å². The maximum Gasteiger partial charge on any atom is 0.407 e. The molecule has 0 aliphatic carbocycles. The van der Waals surface area contributed by atoms with Crippen molar-refractivity contribution in [1.82, 2.24) is 4.90 Å². The van der Waals surface area contributed by atoms with Gasteiger partial charge in [-0.25, -0.2) is 4.79 Å². The average Bonchev–Trinajstić information content (AvgIpc) is 2.34. The van der Waals surface area contributed by atoms with Crippen molar-refractivity contribution >= 4 is 28.7 Å². The number of amides is 1. The van der Waals surface area contributed by atoms with Gasteiger partial charge in [-0.05, 0) is 12.3 Å². The van der Waals surface area contributed by atoms with Crippen LogP contribution in [0.5, 0.6) is 0 Å². The van der Waals surface area contributed by atoms with E-state index < -0.39 is 6.09 Å². The molecule has 1 N–H and O–H groups in total. The zero-order chi connectivity index (χ0) is 7.56. The van der Waals surface area contributed by atoms with Crippen LogP contribution in [0.1, 0.15) is 6.42 Å². The third-order valence-electron chi connectivity index (χ3n) is 1.77. The van der Waals surface area contributed by atoms with E-state index in [-0.39, 0.29) is 0 Å². The van der Waals surface area contributed by atoms with E-state index in [4.69, 9.17) is 5.11 Å². The van der Waals surface area contributed by atoms with Gasteiger partial charge in [0.25, 0.3) is 0 Å². The van der Waals surface area contributed by atoms with Crippen molar-refractivity contribution in [3.63, 3.8) is 0 Å². The van der Waals surface area contributed by atoms with Crippen molar-refractivity contribution in [3.8, 4) is 0 Å². The molecule has 0 saturated carbocycles. The van der Waals surface area contributed by atoms with Crippen LogP contribution in [0.4, 0.5) is 4.79 Å². The summed E-state index contributed by atoms with van der Waals surface area (Å²) in [6.07, 6.45) is 0.266. The van der Waals surface area contributed by atoms with Crippen molar-refractivity contribution in [3.05, 3.63) is 0 Å². The molecule has 0 aromatic rings. The highest BCUT2D eigenvalue weighted by Crippen LogP contribution is 2.17. The lowest BCUT2D eigenvalue weighted by atomic mass is 10.2. The van der Waals surface area contributed by atoms with Gasteiger partial charge in [0.2, 0.25) is 0 Å². The van der Waals surface area contributed by atoms with Gasteiger partial charge in [-0.3, -0.25) is 0 Å². The first kappa shape index (κ1) is 8.10. The largest absolute Gasteiger partial charge is 0.465 e. The zero-order valence-corrected chi connectivity index (χ0v) is 7.74. The van der Waals surface area contributed by atoms with Gasteiger partial charge >= 0.3 is 6.09 Å². The highest BCUT2D eigenvalue weighted by atomic mass is 127. The van der Waals surface area contributed by atoms with Crippen LogP contribution >= 0.6 is 22.6 Å². The number of nitrogens with zero attached hydrogens (tertiary/aromatic N) is 1. The normalized spacial score (nSPS) is 25.3. The standard InChI is InChI=1S/C6H10INO2/c7-3-5-1-2-8(4-5)6(9)10/h5H,1-4H2,(H,9,10). The molecule has 0 spiro atoms. The molecule has 0 aromatic heterocycles. The third kappa shape index (κ3) is 1.74. The lowest BCUT2D eigenvalue weighted by Crippen LogP contribution is -2.26. The van der Waals surface area contributed by atoms with Crippen molar-refractivity contribution < 1.29 is 9.90 Å². The Morgan fingerprint density at radius 1 is 1.80 bits per heavy atom. The highest BCUT2D eigenvalue weighted by molar-refractivity contribution is 14.1. The van der Waals surface area contributed by atoms with E-state index >= 15 is 0 Å². The van der Waals surface area contributed by atoms with Crippen LogP contribution in [0.3, 0.4) is 0 Å². The Kier molecular flexibility index (Phi) is 2.76. The fourth-order valence-corrected chi connectivity index (χ4v) is 1.85. The minimum absolute atomic E-state index is 0.594. The van der Waals surface area contributed by atoms with Crippen molar-refractivity contribution in [2.45, 2.75) is 6.42 Å². The predicted octanol–water partition coefficient (Wildman–Crippen LogP) is 1.42. The van der Waals surface area contributed by atoms with E-state index in [9.17, 15) is 4.79 Å². The summed E-state index contributed by atoms with van der Waals surface area (Å²) in [6, 6.07) is 0. The highest BCUT2D eigenvalue weighted by Gasteiger charge is 2.24. The quantitative estimate of drug-likeness (QED) is 0.568. The van der Waals surface area contributed by atoms with Crippen LogP contribution in [0.15, 0.2) is 0 Å². The molecule has 1 heterocycles. The number of rotatable bonds is 1. The molecule has 58 valence electrons. The lowest BCUT2D eigenvalue weighted by Gasteiger charge is -2.09. The van der Waals surface area contributed by atoms with Crippen molar-refractivity contribution in [1.29, 1.82) is 0 Å². The van der Waals surface area contributed by atoms with Crippen LogP contribution < -0.4 is 0 Å². The number of likely N-dealkylation sites (tertiary alicyclic amines) is 1. The molecular weight excluding hydrogens is 245 g/mol. The maximum atomic E-state index is 10.4. The van der Waals surface area contributed by atoms with E-state index in [0.29, 0.717) is 5.92 Å². The summed E-state index contributed by atoms with van der Waals surface area (Å²) in [7, 11) is 0. The zero-order valence-electron chi connectivity index (χ0n) is 5.59. The first-order valence-corrected chi connectivity index (χ1v) is 4.80. The molecule has 1 rings (SSSR count). The van der Waals surface area contributed by atoms with E-state index in [0.717, 1.165) is 23.9 Å². The molecule has 1 atom stereocenters. The van der Waals surface area contributed by atoms with Gasteiger partial charge in [0.15, 0.2) is 0 Å². The molecule has 1 amide bonds. The molecule has 1 saturated heterocycles. The molecule has 4 heteroatoms. The summed E-state index contributed by atoms with van der Waals surface area (Å²) >= 11 is 2.30. The number of alkyl halides is 1. The second-order valence-electron chi connectivity index (χ2n) is 2.54. The van der Waals surface area contributed by atoms with Gasteiger partial charge in [0, 0.05) is 17.5 Å². The van der Waals surface area contributed by atoms with Crippen LogP contribution in [-0.4, -0.2) is 33.6 Å². The third-order valence-corrected chi connectivity index (χ3v) is 3.02. The number of carbonyl (C=O) groups is 1. The number of halogens is 1. The van der Waals surface area contributed by atoms with Gasteiger partial charge in [-0.15, -0.1) is 0 Å². The molecule has 1 fully saturated rings. The van der Waals surface area contributed by atoms with Gasteiger partial charge in [0.1, 0.15) is 0 Å². The minimum Gasteiger partial charge on any atom is -0.465 e. The summed E-state index contributed by atoms with van der Waals surface area (Å²) in [5, 5.41) is 8.55. The van der Waals surface area contributed by atoms with Crippen molar-refractivity contribution in [2.75, 3.05) is 17.5 Å². The summed E-state index contributed by atoms with van der Waals surface area (Å²) < 4.78 is 1.07. The van der Waals surface area contributed by atoms with E-state index in [1.165, 1.54) is 4.90 Å². The number of hydrogen-bond acceptors (Lipinski definition) is 1. The van der Waals surface area contributed by atoms with Crippen LogP contribution in [-0.2, 0) is 0 Å². The Morgan fingerprint density at radius 2 is 2.50 bits per heavy atom. The Balaban J connectivity index is 2.35. The summed E-state index contributed by atoms with van der Waals surface area (Å²) in [6.45, 7) is 1.46. The summed E-state index contributed by atoms with van der Waals surface area (Å²) in [4.78, 5) is 11.9. The molecule has 0 radical (unpaired) electrons. The SMILES string of the molecule is O=C(O)N1CCC(CI)C1. The molecule has 0 aromatic carbocycles. The molecule has 1 aliphatic heterocycles. The minimum atomic E-state index is -0.771. The fourth-order valence-electron chi connectivity index (χ4n) is 1.13. The monoisotopic (exact) mass is 255 g/mol. The van der Waals surface area contributed by atoms with Crippen LogP contribution in [0, 0.1) is 5.92 Å². The first-order chi connectivity index (χ1) is 4.74.